The van der Waals surface area contributed by atoms with E-state index in [1.54, 1.807) is 24.2 Å². The van der Waals surface area contributed by atoms with Crippen LogP contribution in [0, 0.1) is 20.8 Å². The molecular weight excluding hydrogens is 396 g/mol. The van der Waals surface area contributed by atoms with Gasteiger partial charge in [-0.1, -0.05) is 12.1 Å². The normalized spacial score (nSPS) is 11.0. The molecule has 3 aromatic rings. The summed E-state index contributed by atoms with van der Waals surface area (Å²) in [7, 11) is 1.55. The summed E-state index contributed by atoms with van der Waals surface area (Å²) in [6.07, 6.45) is 3.13. The smallest absolute Gasteiger partial charge is 0.230 e. The molecule has 0 aliphatic rings. The molecule has 0 unspecified atom stereocenters. The first kappa shape index (κ1) is 21.5. The van der Waals surface area contributed by atoms with Crippen molar-refractivity contribution >= 4 is 39.9 Å². The molecule has 0 saturated carbocycles. The molecule has 6 heteroatoms. The third-order valence-corrected chi connectivity index (χ3v) is 5.64. The zero-order valence-corrected chi connectivity index (χ0v) is 18.5. The summed E-state index contributed by atoms with van der Waals surface area (Å²) < 4.78 is 5.32. The molecule has 0 atom stereocenters. The molecule has 2 aromatic carbocycles. The van der Waals surface area contributed by atoms with Gasteiger partial charge in [-0.3, -0.25) is 14.5 Å². The molecule has 0 aliphatic heterocycles. The first-order valence-corrected chi connectivity index (χ1v) is 10.4. The fraction of sp³-hybridized carbons (Fsp3) is 0.208. The molecule has 0 fully saturated rings. The molecule has 0 saturated heterocycles. The van der Waals surface area contributed by atoms with E-state index in [9.17, 15) is 9.59 Å². The van der Waals surface area contributed by atoms with Crippen LogP contribution < -0.4 is 9.64 Å². The Morgan fingerprint density at radius 2 is 1.83 bits per heavy atom. The third-order valence-electron chi connectivity index (χ3n) is 4.79. The predicted octanol–water partition coefficient (Wildman–Crippen LogP) is 5.66. The lowest BCUT2D eigenvalue weighted by molar-refractivity contribution is -0.115. The second-order valence-corrected chi connectivity index (χ2v) is 7.92. The largest absolute Gasteiger partial charge is 0.496 e. The van der Waals surface area contributed by atoms with Gasteiger partial charge in [0.15, 0.2) is 10.9 Å². The van der Waals surface area contributed by atoms with E-state index >= 15 is 0 Å². The van der Waals surface area contributed by atoms with Crippen LogP contribution in [0.4, 0.5) is 10.8 Å². The number of carbonyl (C=O) groups excluding carboxylic acids is 2. The van der Waals surface area contributed by atoms with Crippen LogP contribution in [0.25, 0.3) is 6.08 Å². The average molecular weight is 421 g/mol. The Morgan fingerprint density at radius 3 is 2.50 bits per heavy atom. The second kappa shape index (κ2) is 9.05. The van der Waals surface area contributed by atoms with E-state index < -0.39 is 0 Å². The fourth-order valence-corrected chi connectivity index (χ4v) is 3.85. The monoisotopic (exact) mass is 420 g/mol. The third kappa shape index (κ3) is 4.66. The lowest BCUT2D eigenvalue weighted by Crippen LogP contribution is -2.22. The zero-order chi connectivity index (χ0) is 21.8. The van der Waals surface area contributed by atoms with Crippen LogP contribution in [-0.2, 0) is 4.79 Å². The highest BCUT2D eigenvalue weighted by atomic mass is 32.1. The van der Waals surface area contributed by atoms with E-state index in [1.165, 1.54) is 24.3 Å². The number of benzene rings is 2. The lowest BCUT2D eigenvalue weighted by atomic mass is 10.1. The minimum atomic E-state index is -0.168. The number of nitrogens with zero attached hydrogens (tertiary/aromatic N) is 2. The van der Waals surface area contributed by atoms with E-state index in [-0.39, 0.29) is 11.7 Å². The highest BCUT2D eigenvalue weighted by Gasteiger charge is 2.18. The maximum Gasteiger partial charge on any atom is 0.230 e. The van der Waals surface area contributed by atoms with E-state index in [4.69, 9.17) is 4.74 Å². The summed E-state index contributed by atoms with van der Waals surface area (Å²) in [6.45, 7) is 7.50. The Bertz CT molecular complexity index is 1130. The Morgan fingerprint density at radius 1 is 1.07 bits per heavy atom. The van der Waals surface area contributed by atoms with Crippen LogP contribution >= 0.6 is 11.3 Å². The minimum Gasteiger partial charge on any atom is -0.496 e. The van der Waals surface area contributed by atoms with Gasteiger partial charge in [0.2, 0.25) is 5.91 Å². The number of hydrogen-bond acceptors (Lipinski definition) is 5. The van der Waals surface area contributed by atoms with Gasteiger partial charge in [-0.25, -0.2) is 4.98 Å². The SMILES string of the molecule is COc1cc(C)ccc1C(=O)/C=C/c1csc(N(C(C)=O)c2ccc(C)c(C)c2)n1. The fourth-order valence-electron chi connectivity index (χ4n) is 3.00. The molecule has 1 amide bonds. The Kier molecular flexibility index (Phi) is 6.47. The van der Waals surface area contributed by atoms with Crippen molar-refractivity contribution in [3.05, 3.63) is 75.8 Å². The standard InChI is InChI=1S/C24H24N2O3S/c1-15-6-10-21(23(12-15)29-5)22(28)11-8-19-14-30-24(25-19)26(18(4)27)20-9-7-16(2)17(3)13-20/h6-14H,1-5H3/b11-8+. The van der Waals surface area contributed by atoms with Gasteiger partial charge in [-0.15, -0.1) is 11.3 Å². The number of ether oxygens (including phenoxy) is 1. The van der Waals surface area contributed by atoms with E-state index in [0.29, 0.717) is 22.1 Å². The van der Waals surface area contributed by atoms with Crippen molar-refractivity contribution in [2.45, 2.75) is 27.7 Å². The number of methoxy groups -OCH3 is 1. The molecule has 5 nitrogen and oxygen atoms in total. The number of rotatable bonds is 6. The minimum absolute atomic E-state index is 0.122. The van der Waals surface area contributed by atoms with Crippen molar-refractivity contribution in [3.63, 3.8) is 0 Å². The van der Waals surface area contributed by atoms with Crippen LogP contribution in [0.3, 0.4) is 0 Å². The first-order valence-electron chi connectivity index (χ1n) is 9.50. The summed E-state index contributed by atoms with van der Waals surface area (Å²) in [5, 5.41) is 2.38. The van der Waals surface area contributed by atoms with Crippen LogP contribution in [0.1, 0.15) is 39.7 Å². The van der Waals surface area contributed by atoms with E-state index in [2.05, 4.69) is 4.98 Å². The second-order valence-electron chi connectivity index (χ2n) is 7.08. The number of anilines is 2. The van der Waals surface area contributed by atoms with Crippen molar-refractivity contribution in [1.82, 2.24) is 4.98 Å². The Labute approximate surface area is 180 Å². The predicted molar refractivity (Wildman–Crippen MR) is 122 cm³/mol. The molecule has 154 valence electrons. The van der Waals surface area contributed by atoms with Gasteiger partial charge in [-0.2, -0.15) is 0 Å². The van der Waals surface area contributed by atoms with Crippen LogP contribution in [-0.4, -0.2) is 23.8 Å². The lowest BCUT2D eigenvalue weighted by Gasteiger charge is -2.19. The van der Waals surface area contributed by atoms with Crippen molar-refractivity contribution < 1.29 is 14.3 Å². The molecule has 0 N–H and O–H groups in total. The summed E-state index contributed by atoms with van der Waals surface area (Å²) in [5.74, 6) is 0.253. The van der Waals surface area contributed by atoms with Crippen LogP contribution in [0.5, 0.6) is 5.75 Å². The maximum atomic E-state index is 12.6. The van der Waals surface area contributed by atoms with Gasteiger partial charge in [0.25, 0.3) is 0 Å². The number of hydrogen-bond donors (Lipinski definition) is 0. The quantitative estimate of drug-likeness (QED) is 0.381. The number of amides is 1. The van der Waals surface area contributed by atoms with E-state index in [1.807, 2.05) is 56.5 Å². The molecule has 0 bridgehead atoms. The number of allylic oxidation sites excluding steroid dienone is 1. The Balaban J connectivity index is 1.85. The molecular formula is C24H24N2O3S. The molecule has 0 radical (unpaired) electrons. The van der Waals surface area contributed by atoms with Crippen LogP contribution in [0.15, 0.2) is 47.9 Å². The molecule has 0 aliphatic carbocycles. The highest BCUT2D eigenvalue weighted by molar-refractivity contribution is 7.14. The summed E-state index contributed by atoms with van der Waals surface area (Å²) >= 11 is 1.35. The Hall–Kier alpha value is -3.25. The van der Waals surface area contributed by atoms with Gasteiger partial charge in [-0.05, 0) is 73.9 Å². The summed E-state index contributed by atoms with van der Waals surface area (Å²) in [5.41, 5.74) is 5.17. The van der Waals surface area contributed by atoms with Crippen molar-refractivity contribution in [2.75, 3.05) is 12.0 Å². The molecule has 30 heavy (non-hydrogen) atoms. The van der Waals surface area contributed by atoms with Gasteiger partial charge in [0.1, 0.15) is 5.75 Å². The number of carbonyl (C=O) groups is 2. The summed E-state index contributed by atoms with van der Waals surface area (Å²) in [4.78, 5) is 31.0. The highest BCUT2D eigenvalue weighted by Crippen LogP contribution is 2.30. The van der Waals surface area contributed by atoms with Crippen molar-refractivity contribution in [2.24, 2.45) is 0 Å². The number of ketones is 1. The van der Waals surface area contributed by atoms with Gasteiger partial charge < -0.3 is 4.74 Å². The maximum absolute atomic E-state index is 12.6. The van der Waals surface area contributed by atoms with Gasteiger partial charge >= 0.3 is 0 Å². The van der Waals surface area contributed by atoms with Crippen LogP contribution in [0.2, 0.25) is 0 Å². The van der Waals surface area contributed by atoms with Gasteiger partial charge in [0, 0.05) is 12.3 Å². The van der Waals surface area contributed by atoms with Crippen molar-refractivity contribution in [1.29, 1.82) is 0 Å². The topological polar surface area (TPSA) is 59.5 Å². The molecule has 0 spiro atoms. The zero-order valence-electron chi connectivity index (χ0n) is 17.7. The molecule has 1 heterocycles. The first-order chi connectivity index (χ1) is 14.3. The average Bonchev–Trinajstić information content (AvgIpc) is 3.17. The van der Waals surface area contributed by atoms with Gasteiger partial charge in [0.05, 0.1) is 24.1 Å². The van der Waals surface area contributed by atoms with E-state index in [0.717, 1.165) is 22.4 Å². The molecule has 3 rings (SSSR count). The number of thiazole rings is 1. The van der Waals surface area contributed by atoms with Crippen molar-refractivity contribution in [3.8, 4) is 5.75 Å². The number of aryl methyl sites for hydroxylation is 3. The summed E-state index contributed by atoms with van der Waals surface area (Å²) in [6, 6.07) is 11.3. The molecule has 1 aromatic heterocycles. The number of aromatic nitrogens is 1.